The number of ether oxygens (including phenoxy) is 1. The molecule has 0 heterocycles. The third kappa shape index (κ3) is 7.01. The number of nitrogens with one attached hydrogen (secondary N) is 3. The molecule has 0 aliphatic heterocycles. The van der Waals surface area contributed by atoms with Crippen molar-refractivity contribution in [3.05, 3.63) is 65.2 Å². The van der Waals surface area contributed by atoms with Crippen molar-refractivity contribution in [2.75, 3.05) is 13.7 Å². The molecule has 3 N–H and O–H groups in total. The van der Waals surface area contributed by atoms with Gasteiger partial charge in [-0.15, -0.1) is 0 Å². The van der Waals surface area contributed by atoms with Crippen molar-refractivity contribution in [3.63, 3.8) is 0 Å². The molecule has 0 atom stereocenters. The minimum Gasteiger partial charge on any atom is -0.497 e. The standard InChI is InChI=1S/C21H27N3O3/c1-15(2)24-20(25)18-6-4-5-17(13-18)14-23-21(26)22-12-11-16-7-9-19(27-3)10-8-16/h4-10,13,15H,11-12,14H2,1-3H3,(H,24,25)(H2,22,23,26). The van der Waals surface area contributed by atoms with Crippen LogP contribution in [0.5, 0.6) is 5.75 Å². The van der Waals surface area contributed by atoms with Crippen LogP contribution in [-0.4, -0.2) is 31.6 Å². The van der Waals surface area contributed by atoms with Crippen molar-refractivity contribution in [1.29, 1.82) is 0 Å². The molecule has 2 aromatic carbocycles. The summed E-state index contributed by atoms with van der Waals surface area (Å²) < 4.78 is 5.12. The van der Waals surface area contributed by atoms with E-state index in [4.69, 9.17) is 4.74 Å². The zero-order valence-electron chi connectivity index (χ0n) is 16.0. The fourth-order valence-electron chi connectivity index (χ4n) is 2.53. The Kier molecular flexibility index (Phi) is 7.67. The van der Waals surface area contributed by atoms with Crippen molar-refractivity contribution >= 4 is 11.9 Å². The molecule has 27 heavy (non-hydrogen) atoms. The quantitative estimate of drug-likeness (QED) is 0.669. The van der Waals surface area contributed by atoms with Crippen LogP contribution in [0.2, 0.25) is 0 Å². The summed E-state index contributed by atoms with van der Waals surface area (Å²) in [5, 5.41) is 8.50. The maximum atomic E-state index is 12.0. The SMILES string of the molecule is COc1ccc(CCNC(=O)NCc2cccc(C(=O)NC(C)C)c2)cc1. The number of methoxy groups -OCH3 is 1. The maximum Gasteiger partial charge on any atom is 0.315 e. The minimum atomic E-state index is -0.236. The molecule has 0 bridgehead atoms. The van der Waals surface area contributed by atoms with E-state index >= 15 is 0 Å². The molecule has 0 saturated heterocycles. The van der Waals surface area contributed by atoms with Crippen LogP contribution < -0.4 is 20.7 Å². The summed E-state index contributed by atoms with van der Waals surface area (Å²) in [7, 11) is 1.63. The van der Waals surface area contributed by atoms with Gasteiger partial charge in [-0.05, 0) is 55.7 Å². The highest BCUT2D eigenvalue weighted by Gasteiger charge is 2.08. The number of urea groups is 1. The Morgan fingerprint density at radius 1 is 1.00 bits per heavy atom. The molecule has 3 amide bonds. The molecule has 6 heteroatoms. The third-order valence-electron chi connectivity index (χ3n) is 3.92. The molecule has 0 aromatic heterocycles. The summed E-state index contributed by atoms with van der Waals surface area (Å²) in [4.78, 5) is 24.0. The van der Waals surface area contributed by atoms with Gasteiger partial charge in [0.2, 0.25) is 0 Å². The van der Waals surface area contributed by atoms with E-state index < -0.39 is 0 Å². The molecule has 144 valence electrons. The number of hydrogen-bond donors (Lipinski definition) is 3. The van der Waals surface area contributed by atoms with Gasteiger partial charge in [0, 0.05) is 24.7 Å². The Labute approximate surface area is 160 Å². The normalized spacial score (nSPS) is 10.4. The van der Waals surface area contributed by atoms with Gasteiger partial charge >= 0.3 is 6.03 Å². The van der Waals surface area contributed by atoms with E-state index in [0.717, 1.165) is 23.3 Å². The summed E-state index contributed by atoms with van der Waals surface area (Å²) in [5.74, 6) is 0.699. The van der Waals surface area contributed by atoms with Crippen LogP contribution in [-0.2, 0) is 13.0 Å². The second kappa shape index (κ2) is 10.2. The zero-order valence-corrected chi connectivity index (χ0v) is 16.0. The van der Waals surface area contributed by atoms with Crippen molar-refractivity contribution in [2.24, 2.45) is 0 Å². The average Bonchev–Trinajstić information content (AvgIpc) is 2.66. The van der Waals surface area contributed by atoms with Crippen LogP contribution in [0.25, 0.3) is 0 Å². The van der Waals surface area contributed by atoms with Crippen LogP contribution in [0, 0.1) is 0 Å². The molecule has 2 rings (SSSR count). The second-order valence-electron chi connectivity index (χ2n) is 6.54. The Hall–Kier alpha value is -3.02. The van der Waals surface area contributed by atoms with E-state index in [0.29, 0.717) is 18.7 Å². The van der Waals surface area contributed by atoms with Gasteiger partial charge in [-0.25, -0.2) is 4.79 Å². The molecule has 0 saturated carbocycles. The highest BCUT2D eigenvalue weighted by Crippen LogP contribution is 2.11. The molecular formula is C21H27N3O3. The predicted octanol–water partition coefficient (Wildman–Crippen LogP) is 2.88. The van der Waals surface area contributed by atoms with Crippen molar-refractivity contribution < 1.29 is 14.3 Å². The fourth-order valence-corrected chi connectivity index (χ4v) is 2.53. The number of amides is 3. The lowest BCUT2D eigenvalue weighted by atomic mass is 10.1. The number of carbonyl (C=O) groups excluding carboxylic acids is 2. The second-order valence-corrected chi connectivity index (χ2v) is 6.54. The minimum absolute atomic E-state index is 0.0794. The van der Waals surface area contributed by atoms with Crippen LogP contribution in [0.3, 0.4) is 0 Å². The fraction of sp³-hybridized carbons (Fsp3) is 0.333. The van der Waals surface area contributed by atoms with E-state index in [1.165, 1.54) is 0 Å². The first-order valence-electron chi connectivity index (χ1n) is 9.02. The van der Waals surface area contributed by atoms with Gasteiger partial charge in [0.1, 0.15) is 5.75 Å². The summed E-state index contributed by atoms with van der Waals surface area (Å²) in [5.41, 5.74) is 2.58. The van der Waals surface area contributed by atoms with E-state index in [9.17, 15) is 9.59 Å². The molecule has 6 nitrogen and oxygen atoms in total. The van der Waals surface area contributed by atoms with Crippen LogP contribution in [0.4, 0.5) is 4.79 Å². The van der Waals surface area contributed by atoms with Crippen molar-refractivity contribution in [2.45, 2.75) is 32.9 Å². The summed E-state index contributed by atoms with van der Waals surface area (Å²) >= 11 is 0. The topological polar surface area (TPSA) is 79.5 Å². The van der Waals surface area contributed by atoms with Crippen LogP contribution in [0.15, 0.2) is 48.5 Å². The van der Waals surface area contributed by atoms with Gasteiger partial charge in [0.05, 0.1) is 7.11 Å². The molecule has 0 spiro atoms. The van der Waals surface area contributed by atoms with Gasteiger partial charge in [0.25, 0.3) is 5.91 Å². The number of hydrogen-bond acceptors (Lipinski definition) is 3. The largest absolute Gasteiger partial charge is 0.497 e. The molecular weight excluding hydrogens is 342 g/mol. The Morgan fingerprint density at radius 2 is 1.74 bits per heavy atom. The predicted molar refractivity (Wildman–Crippen MR) is 106 cm³/mol. The first-order chi connectivity index (χ1) is 13.0. The summed E-state index contributed by atoms with van der Waals surface area (Å²) in [6.07, 6.45) is 0.738. The Bertz CT molecular complexity index is 758. The number of benzene rings is 2. The maximum absolute atomic E-state index is 12.0. The first-order valence-corrected chi connectivity index (χ1v) is 9.02. The van der Waals surface area contributed by atoms with Gasteiger partial charge in [-0.2, -0.15) is 0 Å². The van der Waals surface area contributed by atoms with E-state index in [2.05, 4.69) is 16.0 Å². The highest BCUT2D eigenvalue weighted by molar-refractivity contribution is 5.94. The first kappa shape index (κ1) is 20.3. The highest BCUT2D eigenvalue weighted by atomic mass is 16.5. The van der Waals surface area contributed by atoms with Gasteiger partial charge in [0.15, 0.2) is 0 Å². The van der Waals surface area contributed by atoms with Crippen LogP contribution >= 0.6 is 0 Å². The molecule has 0 radical (unpaired) electrons. The molecule has 0 aliphatic carbocycles. The number of carbonyl (C=O) groups is 2. The van der Waals surface area contributed by atoms with E-state index in [-0.39, 0.29) is 18.0 Å². The zero-order chi connectivity index (χ0) is 19.6. The van der Waals surface area contributed by atoms with E-state index in [1.807, 2.05) is 50.2 Å². The third-order valence-corrected chi connectivity index (χ3v) is 3.92. The monoisotopic (exact) mass is 369 g/mol. The average molecular weight is 369 g/mol. The molecule has 0 aliphatic rings. The molecule has 0 unspecified atom stereocenters. The smallest absolute Gasteiger partial charge is 0.315 e. The lowest BCUT2D eigenvalue weighted by Gasteiger charge is -2.11. The Balaban J connectivity index is 1.75. The van der Waals surface area contributed by atoms with Crippen molar-refractivity contribution in [1.82, 2.24) is 16.0 Å². The van der Waals surface area contributed by atoms with Crippen LogP contribution in [0.1, 0.15) is 35.3 Å². The Morgan fingerprint density at radius 3 is 2.41 bits per heavy atom. The van der Waals surface area contributed by atoms with Crippen molar-refractivity contribution in [3.8, 4) is 5.75 Å². The number of rotatable bonds is 8. The lowest BCUT2D eigenvalue weighted by Crippen LogP contribution is -2.36. The lowest BCUT2D eigenvalue weighted by molar-refractivity contribution is 0.0943. The molecule has 0 fully saturated rings. The molecule has 2 aromatic rings. The van der Waals surface area contributed by atoms with Gasteiger partial charge in [-0.3, -0.25) is 4.79 Å². The van der Waals surface area contributed by atoms with E-state index in [1.54, 1.807) is 19.2 Å². The summed E-state index contributed by atoms with van der Waals surface area (Å²) in [6.45, 7) is 4.73. The summed E-state index contributed by atoms with van der Waals surface area (Å²) in [6, 6.07) is 14.8. The van der Waals surface area contributed by atoms with Gasteiger partial charge in [-0.1, -0.05) is 24.3 Å². The van der Waals surface area contributed by atoms with Gasteiger partial charge < -0.3 is 20.7 Å².